The third-order valence-corrected chi connectivity index (χ3v) is 4.14. The molecule has 0 radical (unpaired) electrons. The minimum atomic E-state index is -0.369. The molecule has 0 unspecified atom stereocenters. The smallest absolute Gasteiger partial charge is 0.236 e. The number of rotatable bonds is 9. The molecule has 0 bridgehead atoms. The number of halogens is 1. The molecule has 1 rings (SSSR count). The first-order chi connectivity index (χ1) is 9.24. The largest absolute Gasteiger partial charge is 0.378 e. The predicted octanol–water partition coefficient (Wildman–Crippen LogP) is 2.34. The van der Waals surface area contributed by atoms with E-state index in [-0.39, 0.29) is 24.4 Å². The number of ether oxygens (including phenoxy) is 1. The Bertz CT molecular complexity index is 251. The van der Waals surface area contributed by atoms with Crippen LogP contribution in [0.1, 0.15) is 44.9 Å². The highest BCUT2D eigenvalue weighted by molar-refractivity contribution is 7.98. The number of nitrogens with one attached hydrogen (secondary N) is 1. The quantitative estimate of drug-likeness (QED) is 0.639. The first kappa shape index (κ1) is 20.0. The molecule has 0 aromatic heterocycles. The van der Waals surface area contributed by atoms with Gasteiger partial charge in [0.15, 0.2) is 0 Å². The Morgan fingerprint density at radius 1 is 1.40 bits per heavy atom. The Balaban J connectivity index is 0.00000361. The van der Waals surface area contributed by atoms with Crippen molar-refractivity contribution in [2.75, 3.05) is 25.2 Å². The maximum Gasteiger partial charge on any atom is 0.236 e. The molecule has 0 heterocycles. The summed E-state index contributed by atoms with van der Waals surface area (Å²) in [6.07, 6.45) is 10.4. The molecule has 1 amide bonds. The lowest BCUT2D eigenvalue weighted by Gasteiger charge is -2.22. The van der Waals surface area contributed by atoms with Crippen LogP contribution in [0.5, 0.6) is 0 Å². The molecule has 0 aromatic rings. The number of carbonyl (C=O) groups is 1. The van der Waals surface area contributed by atoms with Crippen LogP contribution in [0.2, 0.25) is 0 Å². The zero-order valence-corrected chi connectivity index (χ0v) is 14.1. The van der Waals surface area contributed by atoms with E-state index >= 15 is 0 Å². The monoisotopic (exact) mass is 324 g/mol. The molecular weight excluding hydrogens is 296 g/mol. The van der Waals surface area contributed by atoms with Crippen LogP contribution in [0.15, 0.2) is 0 Å². The van der Waals surface area contributed by atoms with E-state index in [0.29, 0.717) is 12.6 Å². The van der Waals surface area contributed by atoms with E-state index in [0.717, 1.165) is 25.2 Å². The molecule has 0 saturated heterocycles. The predicted molar refractivity (Wildman–Crippen MR) is 88.7 cm³/mol. The van der Waals surface area contributed by atoms with E-state index in [9.17, 15) is 4.79 Å². The molecule has 0 spiro atoms. The molecule has 0 aliphatic heterocycles. The average Bonchev–Trinajstić information content (AvgIpc) is 2.45. The molecule has 1 atom stereocenters. The van der Waals surface area contributed by atoms with Gasteiger partial charge >= 0.3 is 0 Å². The van der Waals surface area contributed by atoms with Gasteiger partial charge in [0, 0.05) is 13.2 Å². The van der Waals surface area contributed by atoms with Crippen LogP contribution in [0.25, 0.3) is 0 Å². The van der Waals surface area contributed by atoms with Crippen LogP contribution in [0.3, 0.4) is 0 Å². The summed E-state index contributed by atoms with van der Waals surface area (Å²) in [7, 11) is 0. The Kier molecular flexibility index (Phi) is 12.8. The first-order valence-corrected chi connectivity index (χ1v) is 8.77. The maximum atomic E-state index is 11.6. The Morgan fingerprint density at radius 3 is 2.75 bits per heavy atom. The van der Waals surface area contributed by atoms with Crippen LogP contribution in [-0.2, 0) is 9.53 Å². The van der Waals surface area contributed by atoms with Crippen molar-refractivity contribution in [3.8, 4) is 0 Å². The van der Waals surface area contributed by atoms with Gasteiger partial charge in [0.05, 0.1) is 12.1 Å². The fourth-order valence-corrected chi connectivity index (χ4v) is 2.76. The Morgan fingerprint density at radius 2 is 2.10 bits per heavy atom. The van der Waals surface area contributed by atoms with E-state index in [1.54, 1.807) is 11.8 Å². The lowest BCUT2D eigenvalue weighted by Crippen LogP contribution is -2.41. The summed E-state index contributed by atoms with van der Waals surface area (Å²) in [5.74, 6) is 0.894. The number of carbonyl (C=O) groups excluding carboxylic acids is 1. The van der Waals surface area contributed by atoms with Gasteiger partial charge in [0.2, 0.25) is 5.91 Å². The fourth-order valence-electron chi connectivity index (χ4n) is 2.27. The molecule has 3 N–H and O–H groups in total. The molecule has 1 aliphatic rings. The van der Waals surface area contributed by atoms with Gasteiger partial charge in [-0.1, -0.05) is 19.3 Å². The van der Waals surface area contributed by atoms with Crippen molar-refractivity contribution in [1.29, 1.82) is 0 Å². The molecule has 1 saturated carbocycles. The van der Waals surface area contributed by atoms with Gasteiger partial charge in [-0.15, -0.1) is 12.4 Å². The van der Waals surface area contributed by atoms with Crippen molar-refractivity contribution < 1.29 is 9.53 Å². The lowest BCUT2D eigenvalue weighted by atomic mass is 9.98. The molecule has 120 valence electrons. The number of amides is 1. The molecular formula is C14H29ClN2O2S. The fraction of sp³-hybridized carbons (Fsp3) is 0.929. The van der Waals surface area contributed by atoms with Gasteiger partial charge < -0.3 is 15.8 Å². The van der Waals surface area contributed by atoms with Crippen molar-refractivity contribution in [2.24, 2.45) is 5.73 Å². The highest BCUT2D eigenvalue weighted by Gasteiger charge is 2.14. The summed E-state index contributed by atoms with van der Waals surface area (Å²) in [6.45, 7) is 1.41. The van der Waals surface area contributed by atoms with Crippen LogP contribution in [0.4, 0.5) is 0 Å². The molecule has 1 fully saturated rings. The minimum Gasteiger partial charge on any atom is -0.378 e. The van der Waals surface area contributed by atoms with Gasteiger partial charge in [-0.2, -0.15) is 11.8 Å². The summed E-state index contributed by atoms with van der Waals surface area (Å²) in [4.78, 5) is 11.6. The van der Waals surface area contributed by atoms with Crippen LogP contribution < -0.4 is 11.1 Å². The second kappa shape index (κ2) is 12.7. The number of thioether (sulfide) groups is 1. The van der Waals surface area contributed by atoms with Gasteiger partial charge in [-0.25, -0.2) is 0 Å². The Labute approximate surface area is 133 Å². The molecule has 1 aliphatic carbocycles. The van der Waals surface area contributed by atoms with Gasteiger partial charge in [-0.05, 0) is 37.7 Å². The lowest BCUT2D eigenvalue weighted by molar-refractivity contribution is -0.122. The van der Waals surface area contributed by atoms with Crippen molar-refractivity contribution in [1.82, 2.24) is 5.32 Å². The normalized spacial score (nSPS) is 17.3. The minimum absolute atomic E-state index is 0. The summed E-state index contributed by atoms with van der Waals surface area (Å²) >= 11 is 1.72. The number of hydrogen-bond acceptors (Lipinski definition) is 4. The zero-order chi connectivity index (χ0) is 13.9. The standard InChI is InChI=1S/C14H28N2O2S.ClH/c1-19-11-8-13(15)14(17)16-9-5-10-18-12-6-3-2-4-7-12;/h12-13H,2-11,15H2,1H3,(H,16,17);1H/t13-;/m0./s1. The topological polar surface area (TPSA) is 64.4 Å². The van der Waals surface area contributed by atoms with Crippen LogP contribution in [-0.4, -0.2) is 43.2 Å². The van der Waals surface area contributed by atoms with E-state index in [4.69, 9.17) is 10.5 Å². The highest BCUT2D eigenvalue weighted by atomic mass is 35.5. The summed E-state index contributed by atoms with van der Waals surface area (Å²) in [5.41, 5.74) is 5.78. The van der Waals surface area contributed by atoms with E-state index in [2.05, 4.69) is 5.32 Å². The molecule has 4 nitrogen and oxygen atoms in total. The SMILES string of the molecule is CSCC[C@H](N)C(=O)NCCCOC1CCCCC1.Cl. The van der Waals surface area contributed by atoms with E-state index in [1.807, 2.05) is 6.26 Å². The van der Waals surface area contributed by atoms with E-state index in [1.165, 1.54) is 32.1 Å². The summed E-state index contributed by atoms with van der Waals surface area (Å²) in [6, 6.07) is -0.369. The third-order valence-electron chi connectivity index (χ3n) is 3.50. The third kappa shape index (κ3) is 9.06. The van der Waals surface area contributed by atoms with Gasteiger partial charge in [0.25, 0.3) is 0 Å². The molecule has 0 aromatic carbocycles. The zero-order valence-electron chi connectivity index (χ0n) is 12.4. The van der Waals surface area contributed by atoms with E-state index < -0.39 is 0 Å². The first-order valence-electron chi connectivity index (χ1n) is 7.38. The van der Waals surface area contributed by atoms with Crippen molar-refractivity contribution in [3.63, 3.8) is 0 Å². The number of hydrogen-bond donors (Lipinski definition) is 2. The second-order valence-electron chi connectivity index (χ2n) is 5.16. The van der Waals surface area contributed by atoms with Crippen LogP contribution >= 0.6 is 24.2 Å². The van der Waals surface area contributed by atoms with Crippen LogP contribution in [0, 0.1) is 0 Å². The Hall–Kier alpha value is 0.0300. The van der Waals surface area contributed by atoms with Crippen molar-refractivity contribution in [2.45, 2.75) is 57.1 Å². The highest BCUT2D eigenvalue weighted by Crippen LogP contribution is 2.20. The van der Waals surface area contributed by atoms with Gasteiger partial charge in [0.1, 0.15) is 0 Å². The molecule has 6 heteroatoms. The average molecular weight is 325 g/mol. The van der Waals surface area contributed by atoms with Crippen molar-refractivity contribution >= 4 is 30.1 Å². The van der Waals surface area contributed by atoms with Crippen molar-refractivity contribution in [3.05, 3.63) is 0 Å². The summed E-state index contributed by atoms with van der Waals surface area (Å²) < 4.78 is 5.80. The maximum absolute atomic E-state index is 11.6. The molecule has 20 heavy (non-hydrogen) atoms. The second-order valence-corrected chi connectivity index (χ2v) is 6.15. The van der Waals surface area contributed by atoms with Gasteiger partial charge in [-0.3, -0.25) is 4.79 Å². The number of nitrogens with two attached hydrogens (primary N) is 1. The summed E-state index contributed by atoms with van der Waals surface area (Å²) in [5, 5.41) is 2.88.